The minimum absolute atomic E-state index is 0.0834. The maximum Gasteiger partial charge on any atom is 0.257 e. The van der Waals surface area contributed by atoms with E-state index in [9.17, 15) is 4.79 Å². The molecular formula is C19H22N2O2. The number of hydrogen-bond donors (Lipinski definition) is 1. The molecule has 3 rings (SSSR count). The molecular weight excluding hydrogens is 288 g/mol. The zero-order chi connectivity index (χ0) is 16.2. The van der Waals surface area contributed by atoms with Gasteiger partial charge in [-0.1, -0.05) is 31.2 Å². The van der Waals surface area contributed by atoms with E-state index in [1.807, 2.05) is 60.4 Å². The zero-order valence-corrected chi connectivity index (χ0v) is 13.6. The Labute approximate surface area is 137 Å². The van der Waals surface area contributed by atoms with Gasteiger partial charge in [0.25, 0.3) is 5.91 Å². The molecule has 4 heteroatoms. The van der Waals surface area contributed by atoms with Gasteiger partial charge in [-0.05, 0) is 43.2 Å². The smallest absolute Gasteiger partial charge is 0.257 e. The molecule has 23 heavy (non-hydrogen) atoms. The fourth-order valence-electron chi connectivity index (χ4n) is 2.94. The Balaban J connectivity index is 1.94. The lowest BCUT2D eigenvalue weighted by atomic mass is 10.0. The van der Waals surface area contributed by atoms with Crippen molar-refractivity contribution in [3.63, 3.8) is 0 Å². The van der Waals surface area contributed by atoms with Gasteiger partial charge in [-0.15, -0.1) is 0 Å². The predicted octanol–water partition coefficient (Wildman–Crippen LogP) is 4.06. The lowest BCUT2D eigenvalue weighted by Crippen LogP contribution is -2.43. The third-order valence-electron chi connectivity index (χ3n) is 3.99. The normalized spacial score (nSPS) is 16.7. The maximum atomic E-state index is 12.8. The molecule has 1 N–H and O–H groups in total. The second kappa shape index (κ2) is 6.73. The summed E-state index contributed by atoms with van der Waals surface area (Å²) in [5.74, 6) is 0.931. The van der Waals surface area contributed by atoms with Gasteiger partial charge in [0.15, 0.2) is 0 Å². The summed E-state index contributed by atoms with van der Waals surface area (Å²) in [6.07, 6.45) is 0.774. The summed E-state index contributed by atoms with van der Waals surface area (Å²) in [5.41, 5.74) is 2.69. The molecule has 0 unspecified atom stereocenters. The molecule has 120 valence electrons. The Morgan fingerprint density at radius 2 is 1.83 bits per heavy atom. The van der Waals surface area contributed by atoms with Crippen molar-refractivity contribution in [3.05, 3.63) is 59.7 Å². The summed E-state index contributed by atoms with van der Waals surface area (Å²) in [5, 5.41) is 3.49. The van der Waals surface area contributed by atoms with Crippen molar-refractivity contribution >= 4 is 11.6 Å². The third-order valence-corrected chi connectivity index (χ3v) is 3.99. The average molecular weight is 310 g/mol. The highest BCUT2D eigenvalue weighted by atomic mass is 16.5. The van der Waals surface area contributed by atoms with Crippen LogP contribution in [0.25, 0.3) is 0 Å². The molecule has 2 aromatic carbocycles. The number of carbonyl (C=O) groups is 1. The molecule has 1 heterocycles. The van der Waals surface area contributed by atoms with Crippen LogP contribution < -0.4 is 10.1 Å². The molecule has 1 amide bonds. The molecule has 0 aromatic heterocycles. The Kier molecular flexibility index (Phi) is 4.51. The van der Waals surface area contributed by atoms with E-state index in [1.165, 1.54) is 0 Å². The molecule has 0 saturated carbocycles. The molecule has 2 aromatic rings. The first-order valence-electron chi connectivity index (χ1n) is 8.14. The standard InChI is InChI=1S/C19H22N2O2/c1-3-13-21-18(14-9-11-15(12-10-14)23-4-2)20-17-8-6-5-7-16(17)19(21)22/h5-12,18,20H,3-4,13H2,1-2H3/t18-/m0/s1. The molecule has 0 aliphatic carbocycles. The first kappa shape index (κ1) is 15.4. The first-order valence-corrected chi connectivity index (χ1v) is 8.14. The van der Waals surface area contributed by atoms with Crippen molar-refractivity contribution in [2.45, 2.75) is 26.4 Å². The van der Waals surface area contributed by atoms with Crippen LogP contribution >= 0.6 is 0 Å². The lowest BCUT2D eigenvalue weighted by molar-refractivity contribution is 0.0683. The number of anilines is 1. The van der Waals surface area contributed by atoms with Crippen molar-refractivity contribution in [2.24, 2.45) is 0 Å². The van der Waals surface area contributed by atoms with Gasteiger partial charge in [0, 0.05) is 12.2 Å². The van der Waals surface area contributed by atoms with Gasteiger partial charge in [0.1, 0.15) is 11.9 Å². The van der Waals surface area contributed by atoms with Crippen molar-refractivity contribution < 1.29 is 9.53 Å². The molecule has 4 nitrogen and oxygen atoms in total. The van der Waals surface area contributed by atoms with Crippen molar-refractivity contribution in [2.75, 3.05) is 18.5 Å². The Morgan fingerprint density at radius 1 is 1.09 bits per heavy atom. The Hall–Kier alpha value is -2.49. The number of hydrogen-bond acceptors (Lipinski definition) is 3. The number of ether oxygens (including phenoxy) is 1. The van der Waals surface area contributed by atoms with Crippen LogP contribution in [0.4, 0.5) is 5.69 Å². The van der Waals surface area contributed by atoms with Crippen molar-refractivity contribution in [1.29, 1.82) is 0 Å². The number of carbonyl (C=O) groups excluding carboxylic acids is 1. The Morgan fingerprint density at radius 3 is 2.52 bits per heavy atom. The molecule has 0 bridgehead atoms. The number of amides is 1. The maximum absolute atomic E-state index is 12.8. The zero-order valence-electron chi connectivity index (χ0n) is 13.6. The highest BCUT2D eigenvalue weighted by molar-refractivity contribution is 6.01. The molecule has 0 saturated heterocycles. The average Bonchev–Trinajstić information content (AvgIpc) is 2.58. The van der Waals surface area contributed by atoms with Gasteiger partial charge in [-0.25, -0.2) is 0 Å². The number of rotatable bonds is 5. The monoisotopic (exact) mass is 310 g/mol. The largest absolute Gasteiger partial charge is 0.494 e. The van der Waals surface area contributed by atoms with Crippen LogP contribution in [0.2, 0.25) is 0 Å². The third kappa shape index (κ3) is 3.02. The molecule has 1 aliphatic heterocycles. The number of benzene rings is 2. The molecule has 0 spiro atoms. The summed E-state index contributed by atoms with van der Waals surface area (Å²) in [6.45, 7) is 5.42. The van der Waals surface area contributed by atoms with Gasteiger partial charge in [0.2, 0.25) is 0 Å². The molecule has 0 fully saturated rings. The fraction of sp³-hybridized carbons (Fsp3) is 0.316. The van der Waals surface area contributed by atoms with E-state index in [4.69, 9.17) is 4.74 Å². The fourth-order valence-corrected chi connectivity index (χ4v) is 2.94. The van der Waals surface area contributed by atoms with Crippen LogP contribution in [0.3, 0.4) is 0 Å². The van der Waals surface area contributed by atoms with Gasteiger partial charge < -0.3 is 15.0 Å². The van der Waals surface area contributed by atoms with Crippen molar-refractivity contribution in [1.82, 2.24) is 4.90 Å². The van der Waals surface area contributed by atoms with Crippen LogP contribution in [0.1, 0.15) is 42.4 Å². The SMILES string of the molecule is CCCN1C(=O)c2ccccc2N[C@@H]1c1ccc(OCC)cc1. The number of para-hydroxylation sites is 1. The van der Waals surface area contributed by atoms with Crippen LogP contribution in [0, 0.1) is 0 Å². The quantitative estimate of drug-likeness (QED) is 0.905. The van der Waals surface area contributed by atoms with Gasteiger partial charge in [-0.3, -0.25) is 4.79 Å². The van der Waals surface area contributed by atoms with E-state index >= 15 is 0 Å². The second-order valence-corrected chi connectivity index (χ2v) is 5.59. The van der Waals surface area contributed by atoms with Gasteiger partial charge >= 0.3 is 0 Å². The minimum Gasteiger partial charge on any atom is -0.494 e. The summed E-state index contributed by atoms with van der Waals surface area (Å²) in [4.78, 5) is 14.7. The number of nitrogens with zero attached hydrogens (tertiary/aromatic N) is 1. The van der Waals surface area contributed by atoms with Crippen LogP contribution in [0.15, 0.2) is 48.5 Å². The molecule has 1 atom stereocenters. The summed E-state index contributed by atoms with van der Waals surface area (Å²) >= 11 is 0. The van der Waals surface area contributed by atoms with Crippen molar-refractivity contribution in [3.8, 4) is 5.75 Å². The van der Waals surface area contributed by atoms with Crippen LogP contribution in [-0.4, -0.2) is 24.0 Å². The molecule has 1 aliphatic rings. The molecule has 0 radical (unpaired) electrons. The van der Waals surface area contributed by atoms with Gasteiger partial charge in [-0.2, -0.15) is 0 Å². The highest BCUT2D eigenvalue weighted by Crippen LogP contribution is 2.33. The number of nitrogens with one attached hydrogen (secondary N) is 1. The second-order valence-electron chi connectivity index (χ2n) is 5.59. The summed E-state index contributed by atoms with van der Waals surface area (Å²) in [6, 6.07) is 15.6. The summed E-state index contributed by atoms with van der Waals surface area (Å²) < 4.78 is 5.50. The van der Waals surface area contributed by atoms with E-state index in [-0.39, 0.29) is 12.1 Å². The van der Waals surface area contributed by atoms with E-state index in [1.54, 1.807) is 0 Å². The van der Waals surface area contributed by atoms with Crippen LogP contribution in [-0.2, 0) is 0 Å². The highest BCUT2D eigenvalue weighted by Gasteiger charge is 2.31. The van der Waals surface area contributed by atoms with Crippen LogP contribution in [0.5, 0.6) is 5.75 Å². The lowest BCUT2D eigenvalue weighted by Gasteiger charge is -2.38. The van der Waals surface area contributed by atoms with E-state index in [2.05, 4.69) is 12.2 Å². The first-order chi connectivity index (χ1) is 11.2. The predicted molar refractivity (Wildman–Crippen MR) is 91.7 cm³/mol. The number of fused-ring (bicyclic) bond motifs is 1. The van der Waals surface area contributed by atoms with E-state index in [0.717, 1.165) is 35.5 Å². The minimum atomic E-state index is -0.145. The van der Waals surface area contributed by atoms with E-state index in [0.29, 0.717) is 6.61 Å². The summed E-state index contributed by atoms with van der Waals surface area (Å²) in [7, 11) is 0. The topological polar surface area (TPSA) is 41.6 Å². The van der Waals surface area contributed by atoms with E-state index < -0.39 is 0 Å². The van der Waals surface area contributed by atoms with Gasteiger partial charge in [0.05, 0.1) is 12.2 Å². The Bertz CT molecular complexity index is 682.